The summed E-state index contributed by atoms with van der Waals surface area (Å²) in [5, 5.41) is 20.4. The highest BCUT2D eigenvalue weighted by Crippen LogP contribution is 2.43. The first-order valence-electron chi connectivity index (χ1n) is 10.1. The van der Waals surface area contributed by atoms with Gasteiger partial charge in [-0.25, -0.2) is 4.39 Å². The van der Waals surface area contributed by atoms with Crippen molar-refractivity contribution in [1.82, 2.24) is 4.57 Å². The standard InChI is InChI=1S/C24H26FN3O/c1-13-10-22-19(11-16(13)12-26)24(23-14(2)21(27)9-8-20(23)25)15(3)28(22)17-4-6-18(29)7-5-17/h8-11,17-18,29H,4-7,27H2,1-3H3/t17-,18-. The van der Waals surface area contributed by atoms with Crippen LogP contribution in [-0.4, -0.2) is 15.8 Å². The Morgan fingerprint density at radius 2 is 1.79 bits per heavy atom. The van der Waals surface area contributed by atoms with Crippen LogP contribution in [0.2, 0.25) is 0 Å². The molecular weight excluding hydrogens is 365 g/mol. The van der Waals surface area contributed by atoms with Crippen LogP contribution in [0, 0.1) is 37.9 Å². The minimum atomic E-state index is -0.308. The van der Waals surface area contributed by atoms with E-state index < -0.39 is 0 Å². The molecule has 2 aromatic carbocycles. The second-order valence-electron chi connectivity index (χ2n) is 8.23. The number of fused-ring (bicyclic) bond motifs is 1. The molecule has 3 N–H and O–H groups in total. The van der Waals surface area contributed by atoms with Crippen LogP contribution in [0.4, 0.5) is 10.1 Å². The molecule has 0 unspecified atom stereocenters. The largest absolute Gasteiger partial charge is 0.398 e. The average Bonchev–Trinajstić information content (AvgIpc) is 2.96. The van der Waals surface area contributed by atoms with Crippen LogP contribution in [0.5, 0.6) is 0 Å². The molecule has 0 spiro atoms. The number of aliphatic hydroxyl groups is 1. The lowest BCUT2D eigenvalue weighted by molar-refractivity contribution is 0.111. The van der Waals surface area contributed by atoms with E-state index in [0.717, 1.165) is 53.4 Å². The van der Waals surface area contributed by atoms with Gasteiger partial charge in [-0.15, -0.1) is 0 Å². The smallest absolute Gasteiger partial charge is 0.131 e. The van der Waals surface area contributed by atoms with E-state index in [2.05, 4.69) is 10.6 Å². The maximum absolute atomic E-state index is 15.0. The summed E-state index contributed by atoms with van der Waals surface area (Å²) in [6, 6.07) is 9.42. The van der Waals surface area contributed by atoms with Gasteiger partial charge in [-0.1, -0.05) is 0 Å². The summed E-state index contributed by atoms with van der Waals surface area (Å²) in [7, 11) is 0. The molecule has 0 amide bonds. The third-order valence-electron chi connectivity index (χ3n) is 6.45. The highest BCUT2D eigenvalue weighted by molar-refractivity contribution is 6.00. The number of aryl methyl sites for hydroxylation is 1. The van der Waals surface area contributed by atoms with Crippen LogP contribution in [0.15, 0.2) is 24.3 Å². The number of rotatable bonds is 2. The van der Waals surface area contributed by atoms with Gasteiger partial charge in [-0.2, -0.15) is 5.26 Å². The van der Waals surface area contributed by atoms with Gasteiger partial charge in [0.25, 0.3) is 0 Å². The molecule has 0 aliphatic heterocycles. The molecule has 1 aliphatic rings. The van der Waals surface area contributed by atoms with Gasteiger partial charge in [0.1, 0.15) is 5.82 Å². The van der Waals surface area contributed by atoms with E-state index in [1.807, 2.05) is 32.9 Å². The van der Waals surface area contributed by atoms with E-state index >= 15 is 4.39 Å². The third kappa shape index (κ3) is 3.08. The van der Waals surface area contributed by atoms with Crippen LogP contribution in [0.1, 0.15) is 54.1 Å². The predicted octanol–water partition coefficient (Wildman–Crippen LogP) is 5.30. The topological polar surface area (TPSA) is 75.0 Å². The number of hydrogen-bond acceptors (Lipinski definition) is 3. The molecule has 0 bridgehead atoms. The van der Waals surface area contributed by atoms with E-state index in [0.29, 0.717) is 22.4 Å². The number of nitrogen functional groups attached to an aromatic ring is 1. The van der Waals surface area contributed by atoms with Crippen molar-refractivity contribution >= 4 is 16.6 Å². The Morgan fingerprint density at radius 1 is 1.10 bits per heavy atom. The van der Waals surface area contributed by atoms with E-state index in [9.17, 15) is 10.4 Å². The monoisotopic (exact) mass is 391 g/mol. The van der Waals surface area contributed by atoms with Crippen LogP contribution < -0.4 is 5.73 Å². The number of aromatic nitrogens is 1. The van der Waals surface area contributed by atoms with Crippen molar-refractivity contribution in [3.63, 3.8) is 0 Å². The molecule has 4 rings (SSSR count). The van der Waals surface area contributed by atoms with Crippen molar-refractivity contribution in [2.75, 3.05) is 5.73 Å². The lowest BCUT2D eigenvalue weighted by atomic mass is 9.92. The Morgan fingerprint density at radius 3 is 2.45 bits per heavy atom. The molecule has 150 valence electrons. The number of benzene rings is 2. The molecule has 1 fully saturated rings. The van der Waals surface area contributed by atoms with Gasteiger partial charge in [-0.3, -0.25) is 0 Å². The van der Waals surface area contributed by atoms with Crippen molar-refractivity contribution in [3.8, 4) is 17.2 Å². The summed E-state index contributed by atoms with van der Waals surface area (Å²) in [5.41, 5.74) is 12.2. The maximum Gasteiger partial charge on any atom is 0.131 e. The van der Waals surface area contributed by atoms with Crippen LogP contribution >= 0.6 is 0 Å². The number of halogens is 1. The van der Waals surface area contributed by atoms with Gasteiger partial charge in [0, 0.05) is 39.5 Å². The SMILES string of the molecule is Cc1cc2c(cc1C#N)c(-c1c(F)ccc(N)c1C)c(C)n2[C@H]1CC[C@H](O)CC1. The van der Waals surface area contributed by atoms with Crippen molar-refractivity contribution in [2.45, 2.75) is 58.6 Å². The zero-order valence-corrected chi connectivity index (χ0v) is 17.1. The summed E-state index contributed by atoms with van der Waals surface area (Å²) in [4.78, 5) is 0. The fraction of sp³-hybridized carbons (Fsp3) is 0.375. The van der Waals surface area contributed by atoms with Gasteiger partial charge in [-0.05, 0) is 81.8 Å². The second-order valence-corrected chi connectivity index (χ2v) is 8.23. The van der Waals surface area contributed by atoms with Crippen LogP contribution in [0.25, 0.3) is 22.0 Å². The second kappa shape index (κ2) is 7.20. The van der Waals surface area contributed by atoms with E-state index in [4.69, 9.17) is 5.73 Å². The first kappa shape index (κ1) is 19.5. The normalized spacial score (nSPS) is 19.4. The van der Waals surface area contributed by atoms with Gasteiger partial charge in [0.15, 0.2) is 0 Å². The van der Waals surface area contributed by atoms with Gasteiger partial charge >= 0.3 is 0 Å². The molecular formula is C24H26FN3O. The predicted molar refractivity (Wildman–Crippen MR) is 114 cm³/mol. The molecule has 29 heavy (non-hydrogen) atoms. The molecule has 3 aromatic rings. The molecule has 0 saturated heterocycles. The molecule has 4 nitrogen and oxygen atoms in total. The zero-order chi connectivity index (χ0) is 20.9. The Hall–Kier alpha value is -2.84. The summed E-state index contributed by atoms with van der Waals surface area (Å²) in [5.74, 6) is -0.308. The quantitative estimate of drug-likeness (QED) is 0.582. The maximum atomic E-state index is 15.0. The third-order valence-corrected chi connectivity index (χ3v) is 6.45. The van der Waals surface area contributed by atoms with E-state index in [1.165, 1.54) is 6.07 Å². The number of nitrogens with zero attached hydrogens (tertiary/aromatic N) is 2. The molecule has 1 aromatic heterocycles. The van der Waals surface area contributed by atoms with Crippen molar-refractivity contribution in [3.05, 3.63) is 52.5 Å². The Kier molecular flexibility index (Phi) is 4.84. The Balaban J connectivity index is 2.07. The minimum absolute atomic E-state index is 0.242. The van der Waals surface area contributed by atoms with Gasteiger partial charge in [0.2, 0.25) is 0 Å². The first-order chi connectivity index (χ1) is 13.8. The average molecular weight is 391 g/mol. The van der Waals surface area contributed by atoms with Crippen LogP contribution in [0.3, 0.4) is 0 Å². The fourth-order valence-electron chi connectivity index (χ4n) is 4.81. The lowest BCUT2D eigenvalue weighted by Crippen LogP contribution is -2.21. The summed E-state index contributed by atoms with van der Waals surface area (Å²) >= 11 is 0. The number of nitrogens with two attached hydrogens (primary N) is 1. The summed E-state index contributed by atoms with van der Waals surface area (Å²) in [6.45, 7) is 5.79. The highest BCUT2D eigenvalue weighted by Gasteiger charge is 2.27. The summed E-state index contributed by atoms with van der Waals surface area (Å²) in [6.07, 6.45) is 3.04. The van der Waals surface area contributed by atoms with Crippen molar-refractivity contribution in [1.29, 1.82) is 5.26 Å². The lowest BCUT2D eigenvalue weighted by Gasteiger charge is -2.29. The van der Waals surface area contributed by atoms with Gasteiger partial charge < -0.3 is 15.4 Å². The first-order valence-corrected chi connectivity index (χ1v) is 10.1. The number of hydrogen-bond donors (Lipinski definition) is 2. The molecule has 0 atom stereocenters. The molecule has 1 aliphatic carbocycles. The number of anilines is 1. The Bertz CT molecular complexity index is 1150. The van der Waals surface area contributed by atoms with Gasteiger partial charge in [0.05, 0.1) is 17.7 Å². The highest BCUT2D eigenvalue weighted by atomic mass is 19.1. The van der Waals surface area contributed by atoms with E-state index in [1.54, 1.807) is 6.07 Å². The Labute approximate surface area is 170 Å². The number of aliphatic hydroxyl groups excluding tert-OH is 1. The van der Waals surface area contributed by atoms with Crippen molar-refractivity contribution < 1.29 is 9.50 Å². The van der Waals surface area contributed by atoms with Crippen LogP contribution in [-0.2, 0) is 0 Å². The number of nitriles is 1. The molecule has 1 heterocycles. The molecule has 5 heteroatoms. The molecule has 0 radical (unpaired) electrons. The summed E-state index contributed by atoms with van der Waals surface area (Å²) < 4.78 is 17.3. The van der Waals surface area contributed by atoms with Crippen molar-refractivity contribution in [2.24, 2.45) is 0 Å². The fourth-order valence-corrected chi connectivity index (χ4v) is 4.81. The zero-order valence-electron chi connectivity index (χ0n) is 17.1. The minimum Gasteiger partial charge on any atom is -0.398 e. The molecule has 1 saturated carbocycles. The van der Waals surface area contributed by atoms with E-state index in [-0.39, 0.29) is 18.0 Å².